The van der Waals surface area contributed by atoms with E-state index in [2.05, 4.69) is 29.3 Å². The van der Waals surface area contributed by atoms with Crippen LogP contribution in [0.15, 0.2) is 53.4 Å². The van der Waals surface area contributed by atoms with Gasteiger partial charge < -0.3 is 5.32 Å². The summed E-state index contributed by atoms with van der Waals surface area (Å²) in [6.45, 7) is 10.1. The van der Waals surface area contributed by atoms with E-state index in [0.29, 0.717) is 37.6 Å². The first-order chi connectivity index (χ1) is 14.7. The molecule has 0 aromatic heterocycles. The molecule has 1 heterocycles. The van der Waals surface area contributed by atoms with Gasteiger partial charge >= 0.3 is 0 Å². The van der Waals surface area contributed by atoms with Gasteiger partial charge in [-0.1, -0.05) is 49.4 Å². The van der Waals surface area contributed by atoms with Gasteiger partial charge in [-0.3, -0.25) is 9.69 Å². The van der Waals surface area contributed by atoms with E-state index in [-0.39, 0.29) is 17.9 Å². The van der Waals surface area contributed by atoms with Crippen LogP contribution in [0.1, 0.15) is 36.5 Å². The van der Waals surface area contributed by atoms with Crippen LogP contribution in [0.25, 0.3) is 0 Å². The molecule has 1 aliphatic rings. The topological polar surface area (TPSA) is 69.7 Å². The van der Waals surface area contributed by atoms with Crippen LogP contribution in [0.4, 0.5) is 0 Å². The van der Waals surface area contributed by atoms with E-state index in [1.165, 1.54) is 9.87 Å². The molecule has 2 aromatic rings. The molecule has 3 rings (SSSR count). The largest absolute Gasteiger partial charge is 0.354 e. The van der Waals surface area contributed by atoms with Crippen molar-refractivity contribution < 1.29 is 13.2 Å². The van der Waals surface area contributed by atoms with E-state index in [4.69, 9.17) is 0 Å². The summed E-state index contributed by atoms with van der Waals surface area (Å²) in [5, 5.41) is 3.05. The Morgan fingerprint density at radius 1 is 1.00 bits per heavy atom. The highest BCUT2D eigenvalue weighted by molar-refractivity contribution is 7.89. The number of amides is 1. The molecule has 1 aliphatic heterocycles. The maximum atomic E-state index is 13.1. The molecule has 168 valence electrons. The standard InChI is InChI=1S/C24H33N3O3S/c1-18-10-11-19(2)23(16-18)31(29,30)27-14-12-26(13-15-27)21(4)24(28)25-17-20(3)22-8-6-5-7-9-22/h5-11,16,20-21H,12-15,17H2,1-4H3,(H,25,28). The number of benzene rings is 2. The predicted molar refractivity (Wildman–Crippen MR) is 124 cm³/mol. The van der Waals surface area contributed by atoms with Crippen LogP contribution < -0.4 is 5.32 Å². The van der Waals surface area contributed by atoms with Crippen LogP contribution in [0.2, 0.25) is 0 Å². The van der Waals surface area contributed by atoms with Crippen molar-refractivity contribution in [3.05, 3.63) is 65.2 Å². The number of rotatable bonds is 7. The van der Waals surface area contributed by atoms with Crippen molar-refractivity contribution in [3.63, 3.8) is 0 Å². The van der Waals surface area contributed by atoms with Gasteiger partial charge in [-0.25, -0.2) is 8.42 Å². The van der Waals surface area contributed by atoms with Crippen molar-refractivity contribution in [2.45, 2.75) is 44.6 Å². The second-order valence-electron chi connectivity index (χ2n) is 8.44. The van der Waals surface area contributed by atoms with Crippen molar-refractivity contribution in [1.29, 1.82) is 0 Å². The summed E-state index contributed by atoms with van der Waals surface area (Å²) in [6, 6.07) is 15.3. The molecule has 7 heteroatoms. The molecule has 6 nitrogen and oxygen atoms in total. The molecular formula is C24H33N3O3S. The molecule has 0 spiro atoms. The molecule has 1 N–H and O–H groups in total. The van der Waals surface area contributed by atoms with Gasteiger partial charge in [0.15, 0.2) is 0 Å². The molecule has 0 bridgehead atoms. The average molecular weight is 444 g/mol. The minimum Gasteiger partial charge on any atom is -0.354 e. The van der Waals surface area contributed by atoms with Gasteiger partial charge in [0.05, 0.1) is 10.9 Å². The molecule has 0 radical (unpaired) electrons. The summed E-state index contributed by atoms with van der Waals surface area (Å²) in [5.74, 6) is 0.213. The second-order valence-corrected chi connectivity index (χ2v) is 10.3. The molecule has 0 saturated carbocycles. The molecule has 2 aromatic carbocycles. The molecule has 2 unspecified atom stereocenters. The maximum Gasteiger partial charge on any atom is 0.243 e. The number of nitrogens with zero attached hydrogens (tertiary/aromatic N) is 2. The van der Waals surface area contributed by atoms with Crippen LogP contribution in [0, 0.1) is 13.8 Å². The number of sulfonamides is 1. The van der Waals surface area contributed by atoms with Gasteiger partial charge in [-0.15, -0.1) is 0 Å². The summed E-state index contributed by atoms with van der Waals surface area (Å²) in [4.78, 5) is 15.1. The van der Waals surface area contributed by atoms with Gasteiger partial charge in [0, 0.05) is 32.7 Å². The molecular weight excluding hydrogens is 410 g/mol. The zero-order valence-corrected chi connectivity index (χ0v) is 19.7. The Labute approximate surface area is 186 Å². The fourth-order valence-corrected chi connectivity index (χ4v) is 5.65. The molecule has 2 atom stereocenters. The fourth-order valence-electron chi connectivity index (χ4n) is 3.92. The monoisotopic (exact) mass is 443 g/mol. The molecule has 1 saturated heterocycles. The fraction of sp³-hybridized carbons (Fsp3) is 0.458. The predicted octanol–water partition coefficient (Wildman–Crippen LogP) is 2.92. The SMILES string of the molecule is Cc1ccc(C)c(S(=O)(=O)N2CCN(C(C)C(=O)NCC(C)c3ccccc3)CC2)c1. The van der Waals surface area contributed by atoms with Crippen molar-refractivity contribution >= 4 is 15.9 Å². The van der Waals surface area contributed by atoms with Gasteiger partial charge in [0.2, 0.25) is 15.9 Å². The Morgan fingerprint density at radius 3 is 2.29 bits per heavy atom. The van der Waals surface area contributed by atoms with E-state index < -0.39 is 10.0 Å². The highest BCUT2D eigenvalue weighted by Crippen LogP contribution is 2.23. The summed E-state index contributed by atoms with van der Waals surface area (Å²) in [5.41, 5.74) is 2.88. The van der Waals surface area contributed by atoms with Crippen molar-refractivity contribution in [2.24, 2.45) is 0 Å². The number of piperazine rings is 1. The van der Waals surface area contributed by atoms with Gasteiger partial charge in [-0.2, -0.15) is 4.31 Å². The van der Waals surface area contributed by atoms with Crippen LogP contribution in [0.3, 0.4) is 0 Å². The highest BCUT2D eigenvalue weighted by atomic mass is 32.2. The third-order valence-corrected chi connectivity index (χ3v) is 8.15. The van der Waals surface area contributed by atoms with Gasteiger partial charge in [0.1, 0.15) is 0 Å². The lowest BCUT2D eigenvalue weighted by atomic mass is 10.0. The number of carbonyl (C=O) groups excluding carboxylic acids is 1. The summed E-state index contributed by atoms with van der Waals surface area (Å²) in [7, 11) is -3.53. The third kappa shape index (κ3) is 5.53. The van der Waals surface area contributed by atoms with E-state index in [1.807, 2.05) is 51.1 Å². The summed E-state index contributed by atoms with van der Waals surface area (Å²) < 4.78 is 27.8. The number of carbonyl (C=O) groups is 1. The Kier molecular flexibility index (Phi) is 7.51. The zero-order valence-electron chi connectivity index (χ0n) is 18.8. The number of hydrogen-bond donors (Lipinski definition) is 1. The minimum atomic E-state index is -3.53. The summed E-state index contributed by atoms with van der Waals surface area (Å²) in [6.07, 6.45) is 0. The first-order valence-electron chi connectivity index (χ1n) is 10.8. The molecule has 1 amide bonds. The highest BCUT2D eigenvalue weighted by Gasteiger charge is 2.32. The lowest BCUT2D eigenvalue weighted by molar-refractivity contribution is -0.126. The zero-order chi connectivity index (χ0) is 22.6. The quantitative estimate of drug-likeness (QED) is 0.714. The van der Waals surface area contributed by atoms with E-state index in [9.17, 15) is 13.2 Å². The molecule has 31 heavy (non-hydrogen) atoms. The van der Waals surface area contributed by atoms with Crippen molar-refractivity contribution in [2.75, 3.05) is 32.7 Å². The Bertz CT molecular complexity index is 1000. The first kappa shape index (κ1) is 23.4. The van der Waals surface area contributed by atoms with Crippen LogP contribution in [0.5, 0.6) is 0 Å². The molecule has 1 fully saturated rings. The van der Waals surface area contributed by atoms with Gasteiger partial charge in [-0.05, 0) is 49.4 Å². The maximum absolute atomic E-state index is 13.1. The van der Waals surface area contributed by atoms with Gasteiger partial charge in [0.25, 0.3) is 0 Å². The lowest BCUT2D eigenvalue weighted by Gasteiger charge is -2.37. The van der Waals surface area contributed by atoms with Crippen LogP contribution in [-0.2, 0) is 14.8 Å². The van der Waals surface area contributed by atoms with Crippen LogP contribution >= 0.6 is 0 Å². The number of hydrogen-bond acceptors (Lipinski definition) is 4. The molecule has 0 aliphatic carbocycles. The third-order valence-electron chi connectivity index (χ3n) is 6.11. The Hall–Kier alpha value is -2.22. The number of nitrogens with one attached hydrogen (secondary N) is 1. The summed E-state index contributed by atoms with van der Waals surface area (Å²) >= 11 is 0. The van der Waals surface area contributed by atoms with E-state index >= 15 is 0 Å². The van der Waals surface area contributed by atoms with E-state index in [0.717, 1.165) is 11.1 Å². The smallest absolute Gasteiger partial charge is 0.243 e. The first-order valence-corrected chi connectivity index (χ1v) is 12.3. The van der Waals surface area contributed by atoms with E-state index in [1.54, 1.807) is 6.07 Å². The minimum absolute atomic E-state index is 0.0198. The second kappa shape index (κ2) is 9.94. The van der Waals surface area contributed by atoms with Crippen LogP contribution in [-0.4, -0.2) is 62.3 Å². The Balaban J connectivity index is 1.55. The Morgan fingerprint density at radius 2 is 1.65 bits per heavy atom. The van der Waals surface area contributed by atoms with Crippen molar-refractivity contribution in [3.8, 4) is 0 Å². The average Bonchev–Trinajstić information content (AvgIpc) is 2.78. The number of aryl methyl sites for hydroxylation is 2. The lowest BCUT2D eigenvalue weighted by Crippen LogP contribution is -2.55. The normalized spacial score (nSPS) is 17.8. The van der Waals surface area contributed by atoms with Crippen molar-refractivity contribution in [1.82, 2.24) is 14.5 Å².